The molecule has 0 aromatic carbocycles. The summed E-state index contributed by atoms with van der Waals surface area (Å²) in [6.45, 7) is 10.5. The van der Waals surface area contributed by atoms with Gasteiger partial charge in [0.25, 0.3) is 0 Å². The lowest BCUT2D eigenvalue weighted by molar-refractivity contribution is 0.198. The number of rotatable bonds is 5. The number of piperidine rings is 1. The Balaban J connectivity index is 1.52. The number of aromatic nitrogens is 2. The van der Waals surface area contributed by atoms with Crippen molar-refractivity contribution < 1.29 is 0 Å². The molecule has 2 aliphatic rings. The molecule has 0 aliphatic carbocycles. The van der Waals surface area contributed by atoms with Crippen molar-refractivity contribution in [2.24, 2.45) is 5.92 Å². The van der Waals surface area contributed by atoms with Gasteiger partial charge in [-0.3, -0.25) is 0 Å². The maximum Gasteiger partial charge on any atom is 0.134 e. The minimum absolute atomic E-state index is 0.546. The first kappa shape index (κ1) is 15.5. The van der Waals surface area contributed by atoms with Crippen LogP contribution in [0.3, 0.4) is 0 Å². The highest BCUT2D eigenvalue weighted by Crippen LogP contribution is 2.21. The molecule has 1 aromatic rings. The Labute approximate surface area is 134 Å². The molecule has 0 saturated carbocycles. The van der Waals surface area contributed by atoms with Crippen molar-refractivity contribution in [1.29, 1.82) is 0 Å². The summed E-state index contributed by atoms with van der Waals surface area (Å²) in [5.41, 5.74) is 0. The average Bonchev–Trinajstić information content (AvgIpc) is 3.03. The van der Waals surface area contributed by atoms with E-state index in [0.717, 1.165) is 30.6 Å². The van der Waals surface area contributed by atoms with Gasteiger partial charge in [0.2, 0.25) is 0 Å². The second-order valence-corrected chi connectivity index (χ2v) is 7.07. The Morgan fingerprint density at radius 2 is 1.86 bits per heavy atom. The summed E-state index contributed by atoms with van der Waals surface area (Å²) in [7, 11) is 0. The molecular weight excluding hydrogens is 274 g/mol. The third kappa shape index (κ3) is 4.09. The average molecular weight is 303 g/mol. The van der Waals surface area contributed by atoms with Crippen molar-refractivity contribution in [3.05, 3.63) is 12.4 Å². The van der Waals surface area contributed by atoms with E-state index >= 15 is 0 Å². The molecule has 0 spiro atoms. The molecule has 1 N–H and O–H groups in total. The summed E-state index contributed by atoms with van der Waals surface area (Å²) in [5.74, 6) is 2.82. The molecule has 0 radical (unpaired) electrons. The van der Waals surface area contributed by atoms with Crippen molar-refractivity contribution in [1.82, 2.24) is 14.9 Å². The Kier molecular flexibility index (Phi) is 5.13. The van der Waals surface area contributed by atoms with Gasteiger partial charge in [-0.15, -0.1) is 0 Å². The van der Waals surface area contributed by atoms with E-state index in [1.807, 2.05) is 0 Å². The van der Waals surface area contributed by atoms with E-state index in [0.29, 0.717) is 6.04 Å². The number of likely N-dealkylation sites (tertiary alicyclic amines) is 1. The monoisotopic (exact) mass is 303 g/mol. The van der Waals surface area contributed by atoms with Crippen LogP contribution in [0.15, 0.2) is 12.4 Å². The summed E-state index contributed by atoms with van der Waals surface area (Å²) >= 11 is 0. The smallest absolute Gasteiger partial charge is 0.134 e. The molecule has 1 aromatic heterocycles. The largest absolute Gasteiger partial charge is 0.367 e. The molecule has 2 fully saturated rings. The molecule has 0 bridgehead atoms. The van der Waals surface area contributed by atoms with Crippen LogP contribution in [0.1, 0.15) is 39.5 Å². The quantitative estimate of drug-likeness (QED) is 0.906. The molecular formula is C17H29N5. The molecule has 122 valence electrons. The van der Waals surface area contributed by atoms with Crippen LogP contribution in [0.2, 0.25) is 0 Å². The van der Waals surface area contributed by atoms with E-state index in [1.165, 1.54) is 45.3 Å². The topological polar surface area (TPSA) is 44.3 Å². The fourth-order valence-corrected chi connectivity index (χ4v) is 3.53. The first-order chi connectivity index (χ1) is 10.7. The Morgan fingerprint density at radius 1 is 1.14 bits per heavy atom. The molecule has 5 nitrogen and oxygen atoms in total. The number of anilines is 2. The molecule has 5 heteroatoms. The fourth-order valence-electron chi connectivity index (χ4n) is 3.53. The van der Waals surface area contributed by atoms with Crippen LogP contribution >= 0.6 is 0 Å². The standard InChI is InChI=1S/C17H29N5/c1-14(2)12-21-9-5-15(6-10-21)20-16-11-17(19-13-18-16)22-7-3-4-8-22/h11,13-15H,3-10,12H2,1-2H3,(H,18,19,20). The fraction of sp³-hybridized carbons (Fsp3) is 0.765. The zero-order valence-corrected chi connectivity index (χ0v) is 14.0. The number of hydrogen-bond donors (Lipinski definition) is 1. The zero-order chi connectivity index (χ0) is 15.4. The third-order valence-electron chi connectivity index (χ3n) is 4.65. The molecule has 2 aliphatic heterocycles. The number of nitrogens with zero attached hydrogens (tertiary/aromatic N) is 4. The van der Waals surface area contributed by atoms with Gasteiger partial charge in [-0.1, -0.05) is 13.8 Å². The van der Waals surface area contributed by atoms with Gasteiger partial charge in [-0.25, -0.2) is 9.97 Å². The Hall–Kier alpha value is -1.36. The van der Waals surface area contributed by atoms with Gasteiger partial charge in [0.1, 0.15) is 18.0 Å². The Morgan fingerprint density at radius 3 is 2.55 bits per heavy atom. The van der Waals surface area contributed by atoms with Crippen molar-refractivity contribution in [2.75, 3.05) is 42.9 Å². The van der Waals surface area contributed by atoms with Gasteiger partial charge in [0, 0.05) is 44.8 Å². The minimum atomic E-state index is 0.546. The van der Waals surface area contributed by atoms with Crippen LogP contribution in [0.25, 0.3) is 0 Å². The number of nitrogens with one attached hydrogen (secondary N) is 1. The molecule has 0 amide bonds. The van der Waals surface area contributed by atoms with Crippen molar-refractivity contribution in [3.8, 4) is 0 Å². The van der Waals surface area contributed by atoms with E-state index in [4.69, 9.17) is 0 Å². The summed E-state index contributed by atoms with van der Waals surface area (Å²) in [4.78, 5) is 13.8. The lowest BCUT2D eigenvalue weighted by Crippen LogP contribution is -2.40. The third-order valence-corrected chi connectivity index (χ3v) is 4.65. The van der Waals surface area contributed by atoms with Crippen LogP contribution in [0.5, 0.6) is 0 Å². The van der Waals surface area contributed by atoms with Crippen molar-refractivity contribution in [3.63, 3.8) is 0 Å². The van der Waals surface area contributed by atoms with Crippen LogP contribution < -0.4 is 10.2 Å². The second-order valence-electron chi connectivity index (χ2n) is 7.07. The van der Waals surface area contributed by atoms with Gasteiger partial charge in [0.15, 0.2) is 0 Å². The first-order valence-electron chi connectivity index (χ1n) is 8.76. The van der Waals surface area contributed by atoms with E-state index in [1.54, 1.807) is 6.33 Å². The van der Waals surface area contributed by atoms with E-state index < -0.39 is 0 Å². The molecule has 2 saturated heterocycles. The van der Waals surface area contributed by atoms with Crippen LogP contribution in [0, 0.1) is 5.92 Å². The lowest BCUT2D eigenvalue weighted by atomic mass is 10.0. The lowest BCUT2D eigenvalue weighted by Gasteiger charge is -2.33. The molecule has 0 unspecified atom stereocenters. The minimum Gasteiger partial charge on any atom is -0.367 e. The molecule has 3 rings (SSSR count). The maximum absolute atomic E-state index is 4.43. The predicted octanol–water partition coefficient (Wildman–Crippen LogP) is 2.61. The molecule has 22 heavy (non-hydrogen) atoms. The van der Waals surface area contributed by atoms with Crippen LogP contribution in [-0.4, -0.2) is 53.6 Å². The zero-order valence-electron chi connectivity index (χ0n) is 14.0. The van der Waals surface area contributed by atoms with Crippen LogP contribution in [0.4, 0.5) is 11.6 Å². The predicted molar refractivity (Wildman–Crippen MR) is 91.4 cm³/mol. The first-order valence-corrected chi connectivity index (χ1v) is 8.76. The Bertz CT molecular complexity index is 462. The van der Waals surface area contributed by atoms with Crippen LogP contribution in [-0.2, 0) is 0 Å². The van der Waals surface area contributed by atoms with Gasteiger partial charge in [-0.2, -0.15) is 0 Å². The highest BCUT2D eigenvalue weighted by atomic mass is 15.2. The van der Waals surface area contributed by atoms with Crippen molar-refractivity contribution >= 4 is 11.6 Å². The van der Waals surface area contributed by atoms with Gasteiger partial charge in [-0.05, 0) is 31.6 Å². The molecule has 0 atom stereocenters. The SMILES string of the molecule is CC(C)CN1CCC(Nc2cc(N3CCCC3)ncn2)CC1. The van der Waals surface area contributed by atoms with E-state index in [-0.39, 0.29) is 0 Å². The van der Waals surface area contributed by atoms with E-state index in [9.17, 15) is 0 Å². The summed E-state index contributed by atoms with van der Waals surface area (Å²) < 4.78 is 0. The summed E-state index contributed by atoms with van der Waals surface area (Å²) in [6.07, 6.45) is 6.66. The second kappa shape index (κ2) is 7.27. The summed E-state index contributed by atoms with van der Waals surface area (Å²) in [5, 5.41) is 3.61. The highest BCUT2D eigenvalue weighted by molar-refractivity contribution is 5.49. The van der Waals surface area contributed by atoms with Gasteiger partial charge >= 0.3 is 0 Å². The summed E-state index contributed by atoms with van der Waals surface area (Å²) in [6, 6.07) is 2.66. The number of hydrogen-bond acceptors (Lipinski definition) is 5. The normalized spacial score (nSPS) is 20.8. The van der Waals surface area contributed by atoms with E-state index in [2.05, 4.69) is 45.0 Å². The van der Waals surface area contributed by atoms with Gasteiger partial charge < -0.3 is 15.1 Å². The molecule has 3 heterocycles. The highest BCUT2D eigenvalue weighted by Gasteiger charge is 2.20. The van der Waals surface area contributed by atoms with Crippen molar-refractivity contribution in [2.45, 2.75) is 45.6 Å². The van der Waals surface area contributed by atoms with Gasteiger partial charge in [0.05, 0.1) is 0 Å². The maximum atomic E-state index is 4.43.